The number of hydrogen-bond donors (Lipinski definition) is 1. The molecule has 4 nitrogen and oxygen atoms in total. The number of nitrogens with zero attached hydrogens (tertiary/aromatic N) is 1. The molecule has 0 spiro atoms. The Morgan fingerprint density at radius 2 is 1.50 bits per heavy atom. The van der Waals surface area contributed by atoms with Crippen LogP contribution in [-0.2, 0) is 9.59 Å². The molecule has 0 aromatic heterocycles. The topological polar surface area (TPSA) is 57.6 Å². The molecule has 0 bridgehead atoms. The lowest BCUT2D eigenvalue weighted by Gasteiger charge is -2.27. The maximum atomic E-state index is 13.3. The van der Waals surface area contributed by atoms with Gasteiger partial charge in [0.1, 0.15) is 6.04 Å². The van der Waals surface area contributed by atoms with E-state index in [2.05, 4.69) is 0 Å². The molecule has 24 heavy (non-hydrogen) atoms. The number of hydrogen-bond acceptors (Lipinski definition) is 2. The zero-order valence-electron chi connectivity index (χ0n) is 13.6. The van der Waals surface area contributed by atoms with Gasteiger partial charge in [0, 0.05) is 6.54 Å². The van der Waals surface area contributed by atoms with E-state index in [0.717, 1.165) is 11.1 Å². The molecule has 3 rings (SSSR count). The van der Waals surface area contributed by atoms with E-state index in [4.69, 9.17) is 0 Å². The van der Waals surface area contributed by atoms with Gasteiger partial charge in [0.25, 0.3) is 0 Å². The Bertz CT molecular complexity index is 675. The monoisotopic (exact) mass is 323 g/mol. The van der Waals surface area contributed by atoms with Crippen molar-refractivity contribution in [3.8, 4) is 0 Å². The average molecular weight is 323 g/mol. The Hall–Kier alpha value is -2.62. The summed E-state index contributed by atoms with van der Waals surface area (Å²) in [6.07, 6.45) is 0.511. The SMILES string of the molecule is C[C@H]1C[C@@H](C(=O)O)N(C(=O)C(c2ccccc2)c2ccccc2)C1. The van der Waals surface area contributed by atoms with Gasteiger partial charge >= 0.3 is 5.97 Å². The van der Waals surface area contributed by atoms with Crippen molar-refractivity contribution in [1.29, 1.82) is 0 Å². The van der Waals surface area contributed by atoms with Crippen molar-refractivity contribution in [1.82, 2.24) is 4.90 Å². The quantitative estimate of drug-likeness (QED) is 0.940. The molecule has 1 saturated heterocycles. The number of carbonyl (C=O) groups excluding carboxylic acids is 1. The van der Waals surface area contributed by atoms with E-state index in [1.165, 1.54) is 4.90 Å². The van der Waals surface area contributed by atoms with E-state index >= 15 is 0 Å². The maximum absolute atomic E-state index is 13.3. The van der Waals surface area contributed by atoms with Crippen LogP contribution in [0, 0.1) is 5.92 Å². The van der Waals surface area contributed by atoms with E-state index < -0.39 is 17.9 Å². The van der Waals surface area contributed by atoms with Crippen LogP contribution in [0.15, 0.2) is 60.7 Å². The maximum Gasteiger partial charge on any atom is 0.326 e. The molecule has 2 aromatic rings. The summed E-state index contributed by atoms with van der Waals surface area (Å²) < 4.78 is 0. The second kappa shape index (κ2) is 6.87. The van der Waals surface area contributed by atoms with Crippen LogP contribution in [0.1, 0.15) is 30.4 Å². The molecule has 1 amide bonds. The fourth-order valence-corrected chi connectivity index (χ4v) is 3.46. The lowest BCUT2D eigenvalue weighted by Crippen LogP contribution is -2.43. The van der Waals surface area contributed by atoms with Gasteiger partial charge in [0.05, 0.1) is 5.92 Å². The Kier molecular flexibility index (Phi) is 4.65. The lowest BCUT2D eigenvalue weighted by molar-refractivity contribution is -0.148. The van der Waals surface area contributed by atoms with Gasteiger partial charge in [-0.05, 0) is 23.5 Å². The van der Waals surface area contributed by atoms with Crippen molar-refractivity contribution < 1.29 is 14.7 Å². The van der Waals surface area contributed by atoms with Crippen LogP contribution in [0.5, 0.6) is 0 Å². The number of aliphatic carboxylic acids is 1. The molecule has 1 N–H and O–H groups in total. The predicted molar refractivity (Wildman–Crippen MR) is 91.6 cm³/mol. The first-order valence-corrected chi connectivity index (χ1v) is 8.21. The van der Waals surface area contributed by atoms with Crippen LogP contribution in [0.25, 0.3) is 0 Å². The van der Waals surface area contributed by atoms with E-state index in [1.807, 2.05) is 67.6 Å². The third-order valence-electron chi connectivity index (χ3n) is 4.59. The van der Waals surface area contributed by atoms with Crippen molar-refractivity contribution in [2.75, 3.05) is 6.54 Å². The Balaban J connectivity index is 2.00. The second-order valence-electron chi connectivity index (χ2n) is 6.44. The molecule has 1 heterocycles. The van der Waals surface area contributed by atoms with Crippen molar-refractivity contribution in [2.24, 2.45) is 5.92 Å². The van der Waals surface area contributed by atoms with E-state index in [-0.39, 0.29) is 11.8 Å². The molecule has 1 aliphatic rings. The molecule has 0 saturated carbocycles. The number of benzene rings is 2. The van der Waals surface area contributed by atoms with Crippen molar-refractivity contribution >= 4 is 11.9 Å². The summed E-state index contributed by atoms with van der Waals surface area (Å²) in [7, 11) is 0. The highest BCUT2D eigenvalue weighted by atomic mass is 16.4. The minimum absolute atomic E-state index is 0.135. The second-order valence-corrected chi connectivity index (χ2v) is 6.44. The Morgan fingerprint density at radius 3 is 1.96 bits per heavy atom. The summed E-state index contributed by atoms with van der Waals surface area (Å²) in [6, 6.07) is 18.4. The minimum Gasteiger partial charge on any atom is -0.480 e. The smallest absolute Gasteiger partial charge is 0.326 e. The first-order valence-electron chi connectivity index (χ1n) is 8.21. The average Bonchev–Trinajstić information content (AvgIpc) is 2.99. The molecule has 4 heteroatoms. The molecule has 124 valence electrons. The zero-order valence-corrected chi connectivity index (χ0v) is 13.6. The number of carboxylic acids is 1. The third-order valence-corrected chi connectivity index (χ3v) is 4.59. The molecule has 0 radical (unpaired) electrons. The normalized spacial score (nSPS) is 20.3. The van der Waals surface area contributed by atoms with Gasteiger partial charge in [-0.1, -0.05) is 67.6 Å². The Labute approximate surface area is 141 Å². The molecule has 2 aromatic carbocycles. The van der Waals surface area contributed by atoms with Crippen molar-refractivity contribution in [2.45, 2.75) is 25.3 Å². The number of carbonyl (C=O) groups is 2. The van der Waals surface area contributed by atoms with Crippen LogP contribution < -0.4 is 0 Å². The van der Waals surface area contributed by atoms with E-state index in [9.17, 15) is 14.7 Å². The van der Waals surface area contributed by atoms with E-state index in [0.29, 0.717) is 13.0 Å². The number of amides is 1. The van der Waals surface area contributed by atoms with Gasteiger partial charge in [0.15, 0.2) is 0 Å². The third kappa shape index (κ3) is 3.18. The fraction of sp³-hybridized carbons (Fsp3) is 0.300. The number of likely N-dealkylation sites (tertiary alicyclic amines) is 1. The molecule has 2 atom stereocenters. The first kappa shape index (κ1) is 16.2. The summed E-state index contributed by atoms with van der Waals surface area (Å²) >= 11 is 0. The number of carboxylic acid groups (broad SMARTS) is 1. The highest BCUT2D eigenvalue weighted by Crippen LogP contribution is 2.32. The standard InChI is InChI=1S/C20H21NO3/c1-14-12-17(20(23)24)21(13-14)19(22)18(15-8-4-2-5-9-15)16-10-6-3-7-11-16/h2-11,14,17-18H,12-13H2,1H3,(H,23,24)/t14-,17-/m0/s1. The fourth-order valence-electron chi connectivity index (χ4n) is 3.46. The van der Waals surface area contributed by atoms with Gasteiger partial charge in [-0.3, -0.25) is 4.79 Å². The highest BCUT2D eigenvalue weighted by molar-refractivity contribution is 5.91. The minimum atomic E-state index is -0.924. The van der Waals surface area contributed by atoms with Gasteiger partial charge in [-0.25, -0.2) is 4.79 Å². The van der Waals surface area contributed by atoms with Crippen LogP contribution in [-0.4, -0.2) is 34.5 Å². The molecule has 0 aliphatic carbocycles. The molecular formula is C20H21NO3. The van der Waals surface area contributed by atoms with Crippen LogP contribution in [0.3, 0.4) is 0 Å². The Morgan fingerprint density at radius 1 is 1.00 bits per heavy atom. The lowest BCUT2D eigenvalue weighted by atomic mass is 9.90. The van der Waals surface area contributed by atoms with Crippen LogP contribution in [0.4, 0.5) is 0 Å². The number of rotatable bonds is 4. The molecule has 1 fully saturated rings. The summed E-state index contributed by atoms with van der Waals surface area (Å²) in [5, 5.41) is 9.48. The van der Waals surface area contributed by atoms with Crippen LogP contribution in [0.2, 0.25) is 0 Å². The molecular weight excluding hydrogens is 302 g/mol. The van der Waals surface area contributed by atoms with Gasteiger partial charge in [-0.15, -0.1) is 0 Å². The largest absolute Gasteiger partial charge is 0.480 e. The summed E-state index contributed by atoms with van der Waals surface area (Å²) in [6.45, 7) is 2.48. The van der Waals surface area contributed by atoms with Gasteiger partial charge < -0.3 is 10.0 Å². The first-order chi connectivity index (χ1) is 11.6. The summed E-state index contributed by atoms with van der Waals surface area (Å²) in [4.78, 5) is 26.4. The van der Waals surface area contributed by atoms with E-state index in [1.54, 1.807) is 0 Å². The van der Waals surface area contributed by atoms with Crippen molar-refractivity contribution in [3.63, 3.8) is 0 Å². The van der Waals surface area contributed by atoms with Crippen molar-refractivity contribution in [3.05, 3.63) is 71.8 Å². The highest BCUT2D eigenvalue weighted by Gasteiger charge is 2.40. The van der Waals surface area contributed by atoms with Gasteiger partial charge in [0.2, 0.25) is 5.91 Å². The van der Waals surface area contributed by atoms with Gasteiger partial charge in [-0.2, -0.15) is 0 Å². The summed E-state index contributed by atoms with van der Waals surface area (Å²) in [5.41, 5.74) is 1.77. The molecule has 1 aliphatic heterocycles. The summed E-state index contributed by atoms with van der Waals surface area (Å²) in [5.74, 6) is -1.33. The zero-order chi connectivity index (χ0) is 17.1. The van der Waals surface area contributed by atoms with Crippen LogP contribution >= 0.6 is 0 Å². The molecule has 0 unspecified atom stereocenters. The predicted octanol–water partition coefficient (Wildman–Crippen LogP) is 3.14.